The van der Waals surface area contributed by atoms with Crippen LogP contribution in [-0.2, 0) is 12.8 Å². The van der Waals surface area contributed by atoms with Crippen molar-refractivity contribution in [3.8, 4) is 0 Å². The third-order valence-electron chi connectivity index (χ3n) is 4.33. The summed E-state index contributed by atoms with van der Waals surface area (Å²) in [7, 11) is 0. The molecule has 0 aliphatic rings. The van der Waals surface area contributed by atoms with Crippen LogP contribution in [0.15, 0.2) is 29.3 Å². The summed E-state index contributed by atoms with van der Waals surface area (Å²) in [6, 6.07) is 3.63. The second-order valence-corrected chi connectivity index (χ2v) is 6.27. The van der Waals surface area contributed by atoms with Crippen LogP contribution in [-0.4, -0.2) is 29.2 Å². The number of aromatic amines is 1. The minimum Gasteiger partial charge on any atom is -0.297 e. The van der Waals surface area contributed by atoms with E-state index >= 15 is 0 Å². The third kappa shape index (κ3) is 3.10. The highest BCUT2D eigenvalue weighted by Gasteiger charge is 2.09. The van der Waals surface area contributed by atoms with Crippen LogP contribution in [0.5, 0.6) is 0 Å². The highest BCUT2D eigenvalue weighted by Crippen LogP contribution is 2.19. The lowest BCUT2D eigenvalue weighted by molar-refractivity contribution is 0.853. The van der Waals surface area contributed by atoms with Gasteiger partial charge in [0, 0.05) is 40.8 Å². The number of hydrogen-bond donors (Lipinski definition) is 1. The standard InChI is InChI=1S/C9H10ClN3.C9H11N3O/c1-3-7-6(2)12-8-4-5-11-13(8)9(7)10;1-3-7-6(2)11-8-4-5-10-12(8)9(7)13/h4-5H,3H2,1-2H3;4-5,10H,3H2,1-2H3. The first-order valence-corrected chi connectivity index (χ1v) is 8.90. The molecule has 0 aromatic carbocycles. The average Bonchev–Trinajstić information content (AvgIpc) is 3.25. The fraction of sp³-hybridized carbons (Fsp3) is 0.333. The lowest BCUT2D eigenvalue weighted by atomic mass is 10.2. The van der Waals surface area contributed by atoms with Gasteiger partial charge in [-0.25, -0.2) is 19.0 Å². The lowest BCUT2D eigenvalue weighted by Crippen LogP contribution is -2.21. The van der Waals surface area contributed by atoms with Crippen LogP contribution in [0.3, 0.4) is 0 Å². The normalized spacial score (nSPS) is 11.0. The molecule has 0 spiro atoms. The molecule has 0 aliphatic carbocycles. The van der Waals surface area contributed by atoms with Crippen LogP contribution in [0.4, 0.5) is 0 Å². The van der Waals surface area contributed by atoms with Gasteiger partial charge in [0.15, 0.2) is 11.3 Å². The van der Waals surface area contributed by atoms with E-state index in [-0.39, 0.29) is 5.56 Å². The number of nitrogens with zero attached hydrogens (tertiary/aromatic N) is 5. The minimum absolute atomic E-state index is 0.00926. The molecule has 0 saturated carbocycles. The molecule has 1 N–H and O–H groups in total. The Bertz CT molecular complexity index is 1120. The summed E-state index contributed by atoms with van der Waals surface area (Å²) < 4.78 is 3.12. The SMILES string of the molecule is CCc1c(C)nc2cc[nH]n2c1=O.CCc1c(C)nc2ccnn2c1Cl. The maximum Gasteiger partial charge on any atom is 0.276 e. The van der Waals surface area contributed by atoms with Crippen molar-refractivity contribution < 1.29 is 0 Å². The topological polar surface area (TPSA) is 80.3 Å². The Labute approximate surface area is 155 Å². The lowest BCUT2D eigenvalue weighted by Gasteiger charge is -2.06. The Morgan fingerprint density at radius 3 is 2.38 bits per heavy atom. The fourth-order valence-electron chi connectivity index (χ4n) is 2.96. The van der Waals surface area contributed by atoms with Crippen molar-refractivity contribution in [1.29, 1.82) is 0 Å². The summed E-state index contributed by atoms with van der Waals surface area (Å²) in [5, 5.41) is 7.60. The summed E-state index contributed by atoms with van der Waals surface area (Å²) >= 11 is 6.15. The second-order valence-electron chi connectivity index (χ2n) is 5.91. The first-order valence-electron chi connectivity index (χ1n) is 8.52. The monoisotopic (exact) mass is 372 g/mol. The van der Waals surface area contributed by atoms with Crippen LogP contribution in [0, 0.1) is 13.8 Å². The smallest absolute Gasteiger partial charge is 0.276 e. The number of aromatic nitrogens is 6. The van der Waals surface area contributed by atoms with Gasteiger partial charge in [-0.3, -0.25) is 9.89 Å². The molecular weight excluding hydrogens is 352 g/mol. The first-order chi connectivity index (χ1) is 12.5. The van der Waals surface area contributed by atoms with E-state index in [0.29, 0.717) is 10.8 Å². The Balaban J connectivity index is 0.000000151. The van der Waals surface area contributed by atoms with E-state index in [1.807, 2.05) is 26.8 Å². The molecule has 8 heteroatoms. The molecule has 0 atom stereocenters. The van der Waals surface area contributed by atoms with E-state index in [2.05, 4.69) is 27.1 Å². The average molecular weight is 373 g/mol. The van der Waals surface area contributed by atoms with E-state index in [1.54, 1.807) is 23.0 Å². The van der Waals surface area contributed by atoms with Crippen LogP contribution >= 0.6 is 11.6 Å². The van der Waals surface area contributed by atoms with Crippen molar-refractivity contribution >= 4 is 22.9 Å². The first kappa shape index (κ1) is 18.1. The van der Waals surface area contributed by atoms with Crippen LogP contribution in [0.2, 0.25) is 5.15 Å². The summed E-state index contributed by atoms with van der Waals surface area (Å²) in [5.74, 6) is 0. The van der Waals surface area contributed by atoms with Gasteiger partial charge in [0.05, 0.1) is 6.20 Å². The van der Waals surface area contributed by atoms with Gasteiger partial charge < -0.3 is 0 Å². The molecule has 0 unspecified atom stereocenters. The summed E-state index contributed by atoms with van der Waals surface area (Å²) in [5.41, 5.74) is 5.15. The highest BCUT2D eigenvalue weighted by atomic mass is 35.5. The molecule has 136 valence electrons. The molecular formula is C18H21ClN6O. The van der Waals surface area contributed by atoms with Crippen LogP contribution < -0.4 is 5.56 Å². The number of aryl methyl sites for hydroxylation is 2. The Morgan fingerprint density at radius 2 is 1.69 bits per heavy atom. The Hall–Kier alpha value is -2.67. The zero-order valence-electron chi connectivity index (χ0n) is 15.2. The minimum atomic E-state index is 0.00926. The molecule has 0 fully saturated rings. The largest absolute Gasteiger partial charge is 0.297 e. The van der Waals surface area contributed by atoms with Gasteiger partial charge in [0.2, 0.25) is 0 Å². The molecule has 0 saturated heterocycles. The third-order valence-corrected chi connectivity index (χ3v) is 4.72. The molecule has 4 aromatic rings. The quantitative estimate of drug-likeness (QED) is 0.548. The predicted molar refractivity (Wildman–Crippen MR) is 102 cm³/mol. The van der Waals surface area contributed by atoms with Gasteiger partial charge >= 0.3 is 0 Å². The molecule has 4 aromatic heterocycles. The molecule has 7 nitrogen and oxygen atoms in total. The van der Waals surface area contributed by atoms with E-state index in [9.17, 15) is 4.79 Å². The zero-order chi connectivity index (χ0) is 18.8. The second kappa shape index (κ2) is 7.29. The molecule has 4 rings (SSSR count). The predicted octanol–water partition coefficient (Wildman–Crippen LogP) is 3.15. The van der Waals surface area contributed by atoms with Gasteiger partial charge in [0.1, 0.15) is 5.15 Å². The van der Waals surface area contributed by atoms with Gasteiger partial charge in [-0.1, -0.05) is 25.4 Å². The maximum atomic E-state index is 11.7. The fourth-order valence-corrected chi connectivity index (χ4v) is 3.36. The number of rotatable bonds is 2. The number of fused-ring (bicyclic) bond motifs is 2. The van der Waals surface area contributed by atoms with E-state index < -0.39 is 0 Å². The molecule has 0 amide bonds. The van der Waals surface area contributed by atoms with Crippen molar-refractivity contribution in [2.75, 3.05) is 0 Å². The summed E-state index contributed by atoms with van der Waals surface area (Å²) in [6.07, 6.45) is 5.02. The number of hydrogen-bond acceptors (Lipinski definition) is 4. The molecule has 0 aliphatic heterocycles. The summed E-state index contributed by atoms with van der Waals surface area (Å²) in [6.45, 7) is 7.86. The van der Waals surface area contributed by atoms with Crippen molar-refractivity contribution in [2.45, 2.75) is 40.5 Å². The van der Waals surface area contributed by atoms with Gasteiger partial charge in [-0.15, -0.1) is 0 Å². The zero-order valence-corrected chi connectivity index (χ0v) is 16.0. The van der Waals surface area contributed by atoms with Crippen LogP contribution in [0.1, 0.15) is 36.4 Å². The highest BCUT2D eigenvalue weighted by molar-refractivity contribution is 6.30. The van der Waals surface area contributed by atoms with Crippen LogP contribution in [0.25, 0.3) is 11.3 Å². The van der Waals surface area contributed by atoms with Gasteiger partial charge in [-0.05, 0) is 26.7 Å². The maximum absolute atomic E-state index is 11.7. The van der Waals surface area contributed by atoms with Gasteiger partial charge in [0.25, 0.3) is 5.56 Å². The van der Waals surface area contributed by atoms with E-state index in [1.165, 1.54) is 4.52 Å². The molecule has 0 bridgehead atoms. The van der Waals surface area contributed by atoms with E-state index in [4.69, 9.17) is 11.6 Å². The van der Waals surface area contributed by atoms with E-state index in [0.717, 1.165) is 41.0 Å². The van der Waals surface area contributed by atoms with Crippen molar-refractivity contribution in [1.82, 2.24) is 29.2 Å². The van der Waals surface area contributed by atoms with Crippen molar-refractivity contribution in [3.63, 3.8) is 0 Å². The number of halogens is 1. The van der Waals surface area contributed by atoms with Gasteiger partial charge in [-0.2, -0.15) is 5.10 Å². The molecule has 26 heavy (non-hydrogen) atoms. The Morgan fingerprint density at radius 1 is 1.04 bits per heavy atom. The number of nitrogens with one attached hydrogen (secondary N) is 1. The number of H-pyrrole nitrogens is 1. The summed E-state index contributed by atoms with van der Waals surface area (Å²) in [4.78, 5) is 20.4. The molecule has 4 heterocycles. The van der Waals surface area contributed by atoms with Crippen molar-refractivity contribution in [2.24, 2.45) is 0 Å². The van der Waals surface area contributed by atoms with Crippen molar-refractivity contribution in [3.05, 3.63) is 62.5 Å². The Kier molecular flexibility index (Phi) is 5.08. The molecule has 0 radical (unpaired) electrons.